The fourth-order valence-electron chi connectivity index (χ4n) is 6.58. The van der Waals surface area contributed by atoms with E-state index in [1.165, 1.54) is 68.2 Å². The number of nitrogens with one attached hydrogen (secondary N) is 1. The van der Waals surface area contributed by atoms with Gasteiger partial charge in [-0.05, 0) is 38.2 Å². The Hall–Kier alpha value is -6.72. The monoisotopic (exact) mass is 836 g/mol. The Kier molecular flexibility index (Phi) is 16.8. The number of primary amides is 1. The fourth-order valence-corrected chi connectivity index (χ4v) is 6.58. The summed E-state index contributed by atoms with van der Waals surface area (Å²) in [5.74, 6) is -1.18. The number of carbonyl (C=O) groups excluding carboxylic acids is 6. The first-order valence-electron chi connectivity index (χ1n) is 19.1. The van der Waals surface area contributed by atoms with Crippen LogP contribution in [0.3, 0.4) is 0 Å². The highest BCUT2D eigenvalue weighted by molar-refractivity contribution is 6.04. The summed E-state index contributed by atoms with van der Waals surface area (Å²) in [7, 11) is 2.82. The van der Waals surface area contributed by atoms with E-state index in [1.807, 2.05) is 0 Å². The maximum atomic E-state index is 13.9. The lowest BCUT2D eigenvalue weighted by Crippen LogP contribution is -2.39. The van der Waals surface area contributed by atoms with E-state index in [9.17, 15) is 28.8 Å². The van der Waals surface area contributed by atoms with Crippen LogP contribution in [-0.4, -0.2) is 118 Å². The highest BCUT2D eigenvalue weighted by atomic mass is 16.6. The van der Waals surface area contributed by atoms with Crippen LogP contribution in [-0.2, 0) is 23.8 Å². The van der Waals surface area contributed by atoms with E-state index in [4.69, 9.17) is 43.6 Å². The first kappa shape index (κ1) is 46.0. The highest BCUT2D eigenvalue weighted by Crippen LogP contribution is 2.38. The van der Waals surface area contributed by atoms with E-state index >= 15 is 0 Å². The Morgan fingerprint density at radius 1 is 0.717 bits per heavy atom. The number of nitrogens with two attached hydrogens (primary N) is 1. The molecule has 0 aliphatic carbocycles. The number of likely N-dealkylation sites (tertiary alicyclic amines) is 2. The molecule has 2 saturated heterocycles. The van der Waals surface area contributed by atoms with Gasteiger partial charge in [-0.15, -0.1) is 0 Å². The first-order chi connectivity index (χ1) is 28.6. The molecular formula is C42H52N4O14. The van der Waals surface area contributed by atoms with Crippen molar-refractivity contribution in [3.8, 4) is 28.7 Å². The second-order valence-electron chi connectivity index (χ2n) is 13.9. The van der Waals surface area contributed by atoms with Gasteiger partial charge in [0.25, 0.3) is 11.8 Å². The van der Waals surface area contributed by atoms with Crippen molar-refractivity contribution >= 4 is 41.6 Å². The van der Waals surface area contributed by atoms with Gasteiger partial charge >= 0.3 is 24.1 Å². The van der Waals surface area contributed by atoms with Crippen molar-refractivity contribution in [2.45, 2.75) is 58.0 Å². The molecule has 2 aromatic rings. The van der Waals surface area contributed by atoms with Gasteiger partial charge in [0.05, 0.1) is 56.3 Å². The standard InChI is InChI=1S/C42H52N4O14/c1-8-12-57-42(52)44-33-19-37(35(53-6)17-31(33)39(49)45-21-25(2)15-29(45)23-58-27(4)47)55-13-10-9-11-14-56-38-20-34(60-41(43)51)32(18-36(38)54-7)40(50)46-22-26(3)16-30(46)24-59-28(5)48/h8,17-20,29-30H,1-3,9-16,21-24H2,4-7H3,(H2,43,51)(H,44,52)/t29-,30-/m1/s1. The summed E-state index contributed by atoms with van der Waals surface area (Å²) in [4.78, 5) is 78.1. The SMILES string of the molecule is C=CCOC(=O)Nc1cc(OCCCCCOc2cc(OC(N)=O)c(C(=O)N3CC(=C)C[C@@H]3COC(C)=O)cc2OC)c(OC)cc1C(=O)N1CC(=C)C[C@@H]1COC(C)=O. The molecule has 2 aliphatic rings. The summed E-state index contributed by atoms with van der Waals surface area (Å²) in [6.45, 7) is 14.8. The number of benzene rings is 2. The number of esters is 2. The Morgan fingerprint density at radius 3 is 1.70 bits per heavy atom. The van der Waals surface area contributed by atoms with Crippen LogP contribution in [0.25, 0.3) is 0 Å². The Labute approximate surface area is 348 Å². The largest absolute Gasteiger partial charge is 0.493 e. The number of hydrogen-bond donors (Lipinski definition) is 2. The van der Waals surface area contributed by atoms with Crippen molar-refractivity contribution < 1.29 is 66.7 Å². The van der Waals surface area contributed by atoms with Crippen molar-refractivity contribution in [2.24, 2.45) is 5.73 Å². The third kappa shape index (κ3) is 12.6. The number of nitrogens with zero attached hydrogens (tertiary/aromatic N) is 2. The fraction of sp³-hybridized carbons (Fsp3) is 0.429. The number of carbonyl (C=O) groups is 6. The summed E-state index contributed by atoms with van der Waals surface area (Å²) < 4.78 is 43.8. The number of rotatable bonds is 20. The van der Waals surface area contributed by atoms with E-state index < -0.39 is 48.0 Å². The van der Waals surface area contributed by atoms with Crippen LogP contribution in [0.1, 0.15) is 66.7 Å². The summed E-state index contributed by atoms with van der Waals surface area (Å²) in [5.41, 5.74) is 7.07. The van der Waals surface area contributed by atoms with Crippen LogP contribution in [0.2, 0.25) is 0 Å². The predicted octanol–water partition coefficient (Wildman–Crippen LogP) is 5.19. The minimum atomic E-state index is -1.14. The molecule has 60 heavy (non-hydrogen) atoms. The topological polar surface area (TPSA) is 221 Å². The number of amides is 4. The van der Waals surface area contributed by atoms with Crippen molar-refractivity contribution in [1.82, 2.24) is 9.80 Å². The Morgan fingerprint density at radius 2 is 1.22 bits per heavy atom. The van der Waals surface area contributed by atoms with Crippen molar-refractivity contribution in [3.63, 3.8) is 0 Å². The number of methoxy groups -OCH3 is 2. The third-order valence-electron chi connectivity index (χ3n) is 9.31. The highest BCUT2D eigenvalue weighted by Gasteiger charge is 2.36. The predicted molar refractivity (Wildman–Crippen MR) is 217 cm³/mol. The molecule has 0 unspecified atom stereocenters. The van der Waals surface area contributed by atoms with E-state index in [1.54, 1.807) is 0 Å². The van der Waals surface area contributed by atoms with Gasteiger partial charge in [0.15, 0.2) is 23.0 Å². The minimum absolute atomic E-state index is 0.0112. The molecule has 3 N–H and O–H groups in total. The molecule has 0 spiro atoms. The van der Waals surface area contributed by atoms with Gasteiger partial charge in [0.1, 0.15) is 25.6 Å². The molecule has 4 rings (SSSR count). The van der Waals surface area contributed by atoms with Crippen molar-refractivity contribution in [2.75, 3.05) is 65.7 Å². The summed E-state index contributed by atoms with van der Waals surface area (Å²) in [5, 5.41) is 2.61. The maximum Gasteiger partial charge on any atom is 0.411 e. The molecular weight excluding hydrogens is 784 g/mol. The van der Waals surface area contributed by atoms with E-state index in [0.29, 0.717) is 32.1 Å². The average molecular weight is 837 g/mol. The van der Waals surface area contributed by atoms with E-state index in [2.05, 4.69) is 25.1 Å². The summed E-state index contributed by atoms with van der Waals surface area (Å²) >= 11 is 0. The molecule has 2 heterocycles. The van der Waals surface area contributed by atoms with E-state index in [-0.39, 0.29) is 91.7 Å². The third-order valence-corrected chi connectivity index (χ3v) is 9.31. The zero-order valence-corrected chi connectivity index (χ0v) is 34.3. The van der Waals surface area contributed by atoms with Gasteiger partial charge in [-0.2, -0.15) is 0 Å². The van der Waals surface area contributed by atoms with Gasteiger partial charge in [-0.25, -0.2) is 9.59 Å². The molecule has 4 amide bonds. The first-order valence-corrected chi connectivity index (χ1v) is 19.1. The van der Waals surface area contributed by atoms with Crippen LogP contribution in [0.15, 0.2) is 61.2 Å². The van der Waals surface area contributed by atoms with Crippen LogP contribution >= 0.6 is 0 Å². The van der Waals surface area contributed by atoms with Crippen LogP contribution < -0.4 is 34.7 Å². The molecule has 18 nitrogen and oxygen atoms in total. The minimum Gasteiger partial charge on any atom is -0.493 e. The smallest absolute Gasteiger partial charge is 0.411 e. The number of anilines is 1. The Balaban J connectivity index is 1.42. The van der Waals surface area contributed by atoms with Gasteiger partial charge in [0.2, 0.25) is 0 Å². The number of hydrogen-bond acceptors (Lipinski definition) is 14. The molecule has 0 saturated carbocycles. The second-order valence-corrected chi connectivity index (χ2v) is 13.9. The summed E-state index contributed by atoms with van der Waals surface area (Å²) in [6, 6.07) is 4.76. The lowest BCUT2D eigenvalue weighted by molar-refractivity contribution is -0.143. The molecule has 2 aromatic carbocycles. The summed E-state index contributed by atoms with van der Waals surface area (Å²) in [6.07, 6.45) is 2.05. The molecule has 0 aromatic heterocycles. The number of ether oxygens (including phenoxy) is 8. The van der Waals surface area contributed by atoms with Crippen molar-refractivity contribution in [3.05, 3.63) is 72.4 Å². The molecule has 0 radical (unpaired) electrons. The normalized spacial score (nSPS) is 15.8. The molecule has 0 bridgehead atoms. The molecule has 2 aliphatic heterocycles. The van der Waals surface area contributed by atoms with E-state index in [0.717, 1.165) is 11.1 Å². The quantitative estimate of drug-likeness (QED) is 0.0759. The lowest BCUT2D eigenvalue weighted by Gasteiger charge is -2.25. The molecule has 2 fully saturated rings. The molecule has 2 atom stereocenters. The van der Waals surface area contributed by atoms with Crippen LogP contribution in [0, 0.1) is 0 Å². The van der Waals surface area contributed by atoms with Gasteiger partial charge in [-0.1, -0.05) is 37.0 Å². The average Bonchev–Trinajstić information content (AvgIpc) is 3.78. The zero-order valence-electron chi connectivity index (χ0n) is 34.3. The maximum absolute atomic E-state index is 13.9. The lowest BCUT2D eigenvalue weighted by atomic mass is 10.1. The van der Waals surface area contributed by atoms with Crippen LogP contribution in [0.4, 0.5) is 15.3 Å². The van der Waals surface area contributed by atoms with Gasteiger partial charge in [-0.3, -0.25) is 24.5 Å². The second kappa shape index (κ2) is 21.9. The zero-order chi connectivity index (χ0) is 43.9. The van der Waals surface area contributed by atoms with Gasteiger partial charge < -0.3 is 53.4 Å². The van der Waals surface area contributed by atoms with Crippen molar-refractivity contribution in [1.29, 1.82) is 0 Å². The molecule has 324 valence electrons. The Bertz CT molecular complexity index is 1980. The molecule has 18 heteroatoms. The number of unbranched alkanes of at least 4 members (excludes halogenated alkanes) is 2. The van der Waals surface area contributed by atoms with Gasteiger partial charge in [0, 0.05) is 45.1 Å². The van der Waals surface area contributed by atoms with Crippen LogP contribution in [0.5, 0.6) is 28.7 Å².